The van der Waals surface area contributed by atoms with Crippen LogP contribution in [-0.4, -0.2) is 43.3 Å². The number of amides is 1. The highest BCUT2D eigenvalue weighted by molar-refractivity contribution is 6.32. The number of nitrogens with zero attached hydrogens (tertiary/aromatic N) is 1. The Labute approximate surface area is 214 Å². The van der Waals surface area contributed by atoms with E-state index in [4.69, 9.17) is 21.1 Å². The number of halogens is 1. The molecule has 2 aromatic rings. The van der Waals surface area contributed by atoms with E-state index in [1.54, 1.807) is 0 Å². The molecule has 2 aromatic carbocycles. The van der Waals surface area contributed by atoms with E-state index in [-0.39, 0.29) is 23.7 Å². The van der Waals surface area contributed by atoms with Crippen molar-refractivity contribution in [3.63, 3.8) is 0 Å². The molecule has 3 aliphatic heterocycles. The van der Waals surface area contributed by atoms with E-state index >= 15 is 0 Å². The van der Waals surface area contributed by atoms with Gasteiger partial charge in [0.25, 0.3) is 0 Å². The Balaban J connectivity index is 1.29. The zero-order valence-corrected chi connectivity index (χ0v) is 21.9. The summed E-state index contributed by atoms with van der Waals surface area (Å²) in [5.74, 6) is 1.24. The van der Waals surface area contributed by atoms with Crippen molar-refractivity contribution in [1.82, 2.24) is 10.2 Å². The third kappa shape index (κ3) is 5.17. The Morgan fingerprint density at radius 1 is 1.14 bits per heavy atom. The number of piperidine rings is 3. The van der Waals surface area contributed by atoms with Crippen LogP contribution in [0.3, 0.4) is 0 Å². The fourth-order valence-corrected chi connectivity index (χ4v) is 6.20. The second kappa shape index (κ2) is 10.0. The van der Waals surface area contributed by atoms with Crippen molar-refractivity contribution in [2.24, 2.45) is 11.3 Å². The monoisotopic (exact) mass is 496 g/mol. The summed E-state index contributed by atoms with van der Waals surface area (Å²) in [5.41, 5.74) is 4.54. The maximum atomic E-state index is 12.9. The molecule has 6 rings (SSSR count). The number of hydrogen-bond acceptors (Lipinski definition) is 4. The topological polar surface area (TPSA) is 50.8 Å². The number of fused-ring (bicyclic) bond motifs is 4. The van der Waals surface area contributed by atoms with Crippen molar-refractivity contribution in [2.75, 3.05) is 26.2 Å². The van der Waals surface area contributed by atoms with Crippen molar-refractivity contribution in [1.29, 1.82) is 0 Å². The van der Waals surface area contributed by atoms with Crippen LogP contribution in [0.5, 0.6) is 5.75 Å². The Hall–Kier alpha value is -2.24. The molecule has 4 aliphatic rings. The molecule has 2 bridgehead atoms. The molecule has 1 unspecified atom stereocenters. The summed E-state index contributed by atoms with van der Waals surface area (Å²) >= 11 is 6.52. The lowest BCUT2D eigenvalue weighted by Gasteiger charge is -2.44. The third-order valence-electron chi connectivity index (χ3n) is 8.02. The number of ether oxygens (including phenoxy) is 2. The lowest BCUT2D eigenvalue weighted by Crippen LogP contribution is -2.53. The number of nitrogens with one attached hydrogen (secondary N) is 1. The number of carbonyl (C=O) groups excluding carboxylic acids is 1. The Bertz CT molecular complexity index is 1080. The van der Waals surface area contributed by atoms with Gasteiger partial charge in [-0.05, 0) is 84.5 Å². The number of hydrogen-bond donors (Lipinski definition) is 1. The van der Waals surface area contributed by atoms with Gasteiger partial charge in [0.05, 0.1) is 17.7 Å². The molecule has 1 aliphatic carbocycles. The SMILES string of the molecule is CCCCOc1ccc(-c2ccc3c(c2)CC(C)(C)C3NC(=O)O[C@H]2CN3CCC2CC3)cc1Cl. The maximum Gasteiger partial charge on any atom is 0.407 e. The Morgan fingerprint density at radius 2 is 1.89 bits per heavy atom. The van der Waals surface area contributed by atoms with Gasteiger partial charge in [0.1, 0.15) is 11.9 Å². The summed E-state index contributed by atoms with van der Waals surface area (Å²) in [6.07, 6.45) is 5.00. The van der Waals surface area contributed by atoms with E-state index in [2.05, 4.69) is 55.3 Å². The van der Waals surface area contributed by atoms with Crippen LogP contribution in [0.25, 0.3) is 11.1 Å². The third-order valence-corrected chi connectivity index (χ3v) is 8.31. The molecular formula is C29H37ClN2O3. The smallest absolute Gasteiger partial charge is 0.407 e. The average Bonchev–Trinajstić information content (AvgIpc) is 3.09. The molecule has 3 fully saturated rings. The van der Waals surface area contributed by atoms with Gasteiger partial charge in [-0.3, -0.25) is 4.90 Å². The molecule has 1 amide bonds. The first-order valence-corrected chi connectivity index (χ1v) is 13.5. The van der Waals surface area contributed by atoms with Gasteiger partial charge in [-0.15, -0.1) is 0 Å². The van der Waals surface area contributed by atoms with E-state index < -0.39 is 0 Å². The van der Waals surface area contributed by atoms with Crippen LogP contribution in [-0.2, 0) is 11.2 Å². The first-order chi connectivity index (χ1) is 16.8. The van der Waals surface area contributed by atoms with Crippen molar-refractivity contribution in [2.45, 2.75) is 65.0 Å². The van der Waals surface area contributed by atoms with Crippen LogP contribution in [0.1, 0.15) is 63.6 Å². The van der Waals surface area contributed by atoms with Crippen LogP contribution >= 0.6 is 11.6 Å². The number of alkyl carbamates (subject to hydrolysis) is 1. The van der Waals surface area contributed by atoms with Gasteiger partial charge in [-0.2, -0.15) is 0 Å². The van der Waals surface area contributed by atoms with Crippen molar-refractivity contribution in [3.8, 4) is 16.9 Å². The van der Waals surface area contributed by atoms with Crippen molar-refractivity contribution < 1.29 is 14.3 Å². The summed E-state index contributed by atoms with van der Waals surface area (Å²) in [7, 11) is 0. The summed E-state index contributed by atoms with van der Waals surface area (Å²) in [6.45, 7) is 10.4. The second-order valence-electron chi connectivity index (χ2n) is 11.1. The number of unbranched alkanes of at least 4 members (excludes halogenated alkanes) is 1. The Morgan fingerprint density at radius 3 is 2.57 bits per heavy atom. The fraction of sp³-hybridized carbons (Fsp3) is 0.552. The molecule has 0 aromatic heterocycles. The van der Waals surface area contributed by atoms with E-state index in [1.165, 1.54) is 11.1 Å². The van der Waals surface area contributed by atoms with Crippen LogP contribution < -0.4 is 10.1 Å². The zero-order chi connectivity index (χ0) is 24.6. The quantitative estimate of drug-likeness (QED) is 0.437. The molecule has 188 valence electrons. The predicted octanol–water partition coefficient (Wildman–Crippen LogP) is 6.63. The number of carbonyl (C=O) groups is 1. The number of benzene rings is 2. The van der Waals surface area contributed by atoms with Gasteiger partial charge in [-0.25, -0.2) is 4.79 Å². The summed E-state index contributed by atoms with van der Waals surface area (Å²) in [6, 6.07) is 12.4. The van der Waals surface area contributed by atoms with Crippen LogP contribution in [0, 0.1) is 11.3 Å². The molecule has 6 heteroatoms. The maximum absolute atomic E-state index is 12.9. The first kappa shape index (κ1) is 24.5. The lowest BCUT2D eigenvalue weighted by atomic mass is 9.85. The van der Waals surface area contributed by atoms with Gasteiger partial charge in [-0.1, -0.05) is 63.1 Å². The van der Waals surface area contributed by atoms with Crippen LogP contribution in [0.4, 0.5) is 4.79 Å². The largest absolute Gasteiger partial charge is 0.492 e. The highest BCUT2D eigenvalue weighted by Gasteiger charge is 2.42. The fourth-order valence-electron chi connectivity index (χ4n) is 5.96. The second-order valence-corrected chi connectivity index (χ2v) is 11.5. The molecule has 1 N–H and O–H groups in total. The van der Waals surface area contributed by atoms with E-state index in [0.717, 1.165) is 68.6 Å². The van der Waals surface area contributed by atoms with Crippen LogP contribution in [0.2, 0.25) is 5.02 Å². The minimum atomic E-state index is -0.288. The molecule has 0 spiro atoms. The minimum Gasteiger partial charge on any atom is -0.492 e. The molecule has 3 saturated heterocycles. The van der Waals surface area contributed by atoms with Crippen molar-refractivity contribution in [3.05, 3.63) is 52.5 Å². The van der Waals surface area contributed by atoms with Crippen molar-refractivity contribution >= 4 is 17.7 Å². The minimum absolute atomic E-state index is 0.0162. The van der Waals surface area contributed by atoms with Gasteiger partial charge in [0.2, 0.25) is 0 Å². The van der Waals surface area contributed by atoms with E-state index in [1.807, 2.05) is 12.1 Å². The van der Waals surface area contributed by atoms with Gasteiger partial charge < -0.3 is 14.8 Å². The Kier molecular flexibility index (Phi) is 7.00. The van der Waals surface area contributed by atoms with E-state index in [0.29, 0.717) is 17.5 Å². The lowest BCUT2D eigenvalue weighted by molar-refractivity contribution is -0.0348. The summed E-state index contributed by atoms with van der Waals surface area (Å²) in [4.78, 5) is 15.3. The molecule has 2 atom stereocenters. The van der Waals surface area contributed by atoms with Crippen LogP contribution in [0.15, 0.2) is 36.4 Å². The summed E-state index contributed by atoms with van der Waals surface area (Å²) < 4.78 is 11.7. The van der Waals surface area contributed by atoms with E-state index in [9.17, 15) is 4.79 Å². The predicted molar refractivity (Wildman–Crippen MR) is 140 cm³/mol. The summed E-state index contributed by atoms with van der Waals surface area (Å²) in [5, 5.41) is 3.85. The number of rotatable bonds is 7. The molecule has 0 radical (unpaired) electrons. The molecular weight excluding hydrogens is 460 g/mol. The molecule has 5 nitrogen and oxygen atoms in total. The zero-order valence-electron chi connectivity index (χ0n) is 21.1. The molecule has 35 heavy (non-hydrogen) atoms. The molecule has 0 saturated carbocycles. The highest BCUT2D eigenvalue weighted by Crippen LogP contribution is 2.46. The van der Waals surface area contributed by atoms with Gasteiger partial charge in [0, 0.05) is 6.54 Å². The standard InChI is InChI=1S/C29H37ClN2O3/c1-4-5-14-34-25-9-7-21(16-24(25)30)20-6-8-23-22(15-20)17-29(2,3)27(23)31-28(33)35-26-18-32-12-10-19(26)11-13-32/h6-9,15-16,19,26-27H,4-5,10-14,17-18H2,1-3H3,(H,31,33)/t26-,27?/m0/s1. The normalized spacial score (nSPS) is 26.3. The van der Waals surface area contributed by atoms with Gasteiger partial charge >= 0.3 is 6.09 Å². The first-order valence-electron chi connectivity index (χ1n) is 13.1. The molecule has 3 heterocycles. The highest BCUT2D eigenvalue weighted by atomic mass is 35.5. The van der Waals surface area contributed by atoms with Gasteiger partial charge in [0.15, 0.2) is 0 Å². The average molecular weight is 497 g/mol.